The lowest BCUT2D eigenvalue weighted by atomic mass is 10.1. The van der Waals surface area contributed by atoms with Gasteiger partial charge in [0.15, 0.2) is 11.5 Å². The van der Waals surface area contributed by atoms with E-state index in [0.717, 1.165) is 11.8 Å². The first kappa shape index (κ1) is 31.5. The number of hydrogen-bond donors (Lipinski definition) is 4. The fourth-order valence-electron chi connectivity index (χ4n) is 3.60. The highest BCUT2D eigenvalue weighted by Crippen LogP contribution is 2.28. The average Bonchev–Trinajstić information content (AvgIpc) is 2.97. The number of carbonyl (C=O) groups excluding carboxylic acids is 3. The van der Waals surface area contributed by atoms with Gasteiger partial charge in [-0.25, -0.2) is 13.1 Å². The Morgan fingerprint density at radius 2 is 1.48 bits per heavy atom. The lowest BCUT2D eigenvalue weighted by molar-refractivity contribution is -0.135. The number of ether oxygens (including phenoxy) is 2. The lowest BCUT2D eigenvalue weighted by Crippen LogP contribution is -2.31. The Labute approximate surface area is 242 Å². The van der Waals surface area contributed by atoms with Gasteiger partial charge >= 0.3 is 5.97 Å². The number of pyridine rings is 1. The molecule has 0 unspecified atom stereocenters. The second-order valence-corrected chi connectivity index (χ2v) is 10.3. The van der Waals surface area contributed by atoms with Gasteiger partial charge in [0, 0.05) is 18.3 Å². The summed E-state index contributed by atoms with van der Waals surface area (Å²) in [5, 5.41) is 13.6. The Hall–Kier alpha value is -4.98. The number of sulfonamides is 1. The van der Waals surface area contributed by atoms with Crippen LogP contribution in [0.3, 0.4) is 0 Å². The number of carbonyl (C=O) groups is 4. The molecule has 0 saturated heterocycles. The number of amides is 3. The largest absolute Gasteiger partial charge is 0.490 e. The topological polar surface area (TPSA) is 190 Å². The van der Waals surface area contributed by atoms with Crippen LogP contribution >= 0.6 is 0 Å². The molecule has 14 heteroatoms. The minimum Gasteiger partial charge on any atom is -0.490 e. The van der Waals surface area contributed by atoms with Gasteiger partial charge in [0.1, 0.15) is 12.2 Å². The van der Waals surface area contributed by atoms with Gasteiger partial charge in [-0.2, -0.15) is 0 Å². The molecule has 0 aliphatic heterocycles. The van der Waals surface area contributed by atoms with E-state index in [1.165, 1.54) is 24.3 Å². The molecule has 0 spiro atoms. The van der Waals surface area contributed by atoms with Crippen molar-refractivity contribution in [3.05, 3.63) is 83.2 Å². The molecule has 3 aromatic rings. The lowest BCUT2D eigenvalue weighted by Gasteiger charge is -2.12. The Bertz CT molecular complexity index is 1540. The Morgan fingerprint density at radius 1 is 0.810 bits per heavy atom. The van der Waals surface area contributed by atoms with Crippen LogP contribution in [0.2, 0.25) is 0 Å². The van der Waals surface area contributed by atoms with Crippen LogP contribution in [0.1, 0.15) is 50.6 Å². The molecule has 42 heavy (non-hydrogen) atoms. The Balaban J connectivity index is 1.54. The number of nitrogens with one attached hydrogen (secondary N) is 3. The summed E-state index contributed by atoms with van der Waals surface area (Å²) >= 11 is 0. The first-order valence-corrected chi connectivity index (χ1v) is 14.3. The summed E-state index contributed by atoms with van der Waals surface area (Å²) in [4.78, 5) is 51.1. The van der Waals surface area contributed by atoms with Crippen LogP contribution in [0.25, 0.3) is 0 Å². The minimum atomic E-state index is -4.22. The summed E-state index contributed by atoms with van der Waals surface area (Å²) in [6.45, 7) is 4.25. The molecule has 0 saturated carbocycles. The molecule has 0 aliphatic rings. The third-order valence-electron chi connectivity index (χ3n) is 5.62. The standard InChI is InChI=1S/C28H30N4O9S/c1-3-40-23-12-8-19(15-24(23)41-4-2)26(35)29-14-13-18-5-9-21(10-6-18)42(38,39)32-27(36)20-7-11-22(30-16-20)28(37)31-17-25(33)34/h5-12,15-16H,3-4,13-14,17H2,1-2H3,(H,29,35)(H,31,37)(H,32,36)(H,33,34). The van der Waals surface area contributed by atoms with Gasteiger partial charge in [-0.1, -0.05) is 12.1 Å². The number of carboxylic acid groups (broad SMARTS) is 1. The predicted octanol–water partition coefficient (Wildman–Crippen LogP) is 1.78. The van der Waals surface area contributed by atoms with Crippen molar-refractivity contribution in [1.29, 1.82) is 0 Å². The number of aliphatic carboxylic acids is 1. The smallest absolute Gasteiger partial charge is 0.322 e. The third-order valence-corrected chi connectivity index (χ3v) is 6.97. The van der Waals surface area contributed by atoms with Crippen LogP contribution in [0, 0.1) is 0 Å². The van der Waals surface area contributed by atoms with E-state index in [-0.39, 0.29) is 28.6 Å². The number of nitrogens with zero attached hydrogens (tertiary/aromatic N) is 1. The summed E-state index contributed by atoms with van der Waals surface area (Å²) in [5.74, 6) is -2.23. The van der Waals surface area contributed by atoms with E-state index in [1.54, 1.807) is 30.3 Å². The van der Waals surface area contributed by atoms with Crippen LogP contribution in [0.5, 0.6) is 11.5 Å². The first-order chi connectivity index (χ1) is 20.0. The van der Waals surface area contributed by atoms with E-state index in [2.05, 4.69) is 15.6 Å². The second kappa shape index (κ2) is 14.6. The van der Waals surface area contributed by atoms with Gasteiger partial charge in [0.05, 0.1) is 23.7 Å². The van der Waals surface area contributed by atoms with E-state index in [1.807, 2.05) is 18.6 Å². The summed E-state index contributed by atoms with van der Waals surface area (Å²) < 4.78 is 38.4. The molecular formula is C28H30N4O9S. The quantitative estimate of drug-likeness (QED) is 0.213. The zero-order chi connectivity index (χ0) is 30.7. The van der Waals surface area contributed by atoms with Gasteiger partial charge in [0.2, 0.25) is 0 Å². The molecule has 1 aromatic heterocycles. The van der Waals surface area contributed by atoms with Crippen molar-refractivity contribution in [3.63, 3.8) is 0 Å². The molecule has 3 rings (SSSR count). The highest BCUT2D eigenvalue weighted by Gasteiger charge is 2.20. The van der Waals surface area contributed by atoms with Gasteiger partial charge in [-0.3, -0.25) is 24.2 Å². The van der Waals surface area contributed by atoms with Crippen LogP contribution in [-0.2, 0) is 21.2 Å². The molecule has 0 atom stereocenters. The molecule has 222 valence electrons. The molecule has 1 heterocycles. The number of benzene rings is 2. The number of aromatic nitrogens is 1. The number of carboxylic acids is 1. The molecule has 0 radical (unpaired) electrons. The molecule has 0 aliphatic carbocycles. The second-order valence-electron chi connectivity index (χ2n) is 8.62. The highest BCUT2D eigenvalue weighted by molar-refractivity contribution is 7.90. The molecule has 0 fully saturated rings. The normalized spacial score (nSPS) is 10.8. The van der Waals surface area contributed by atoms with Gasteiger partial charge in [-0.15, -0.1) is 0 Å². The van der Waals surface area contributed by atoms with E-state index < -0.39 is 34.4 Å². The summed E-state index contributed by atoms with van der Waals surface area (Å²) in [5.41, 5.74) is 0.896. The maximum absolute atomic E-state index is 12.7. The number of hydrogen-bond acceptors (Lipinski definition) is 9. The van der Waals surface area contributed by atoms with Crippen LogP contribution in [0.15, 0.2) is 65.7 Å². The average molecular weight is 599 g/mol. The zero-order valence-electron chi connectivity index (χ0n) is 22.9. The monoisotopic (exact) mass is 598 g/mol. The van der Waals surface area contributed by atoms with Gasteiger partial charge < -0.3 is 25.2 Å². The molecule has 13 nitrogen and oxygen atoms in total. The van der Waals surface area contributed by atoms with Crippen molar-refractivity contribution in [2.45, 2.75) is 25.2 Å². The molecule has 3 amide bonds. The molecular weight excluding hydrogens is 568 g/mol. The van der Waals surface area contributed by atoms with Crippen LogP contribution in [0.4, 0.5) is 0 Å². The molecule has 2 aromatic carbocycles. The summed E-state index contributed by atoms with van der Waals surface area (Å²) in [7, 11) is -4.22. The van der Waals surface area contributed by atoms with Crippen LogP contribution in [-0.4, -0.2) is 68.5 Å². The van der Waals surface area contributed by atoms with Crippen molar-refractivity contribution >= 4 is 33.7 Å². The third kappa shape index (κ3) is 8.76. The molecule has 0 bridgehead atoms. The van der Waals surface area contributed by atoms with Gasteiger partial charge in [0.25, 0.3) is 27.7 Å². The van der Waals surface area contributed by atoms with Gasteiger partial charge in [-0.05, 0) is 68.3 Å². The first-order valence-electron chi connectivity index (χ1n) is 12.8. The predicted molar refractivity (Wildman–Crippen MR) is 150 cm³/mol. The fourth-order valence-corrected chi connectivity index (χ4v) is 4.57. The highest BCUT2D eigenvalue weighted by atomic mass is 32.2. The van der Waals surface area contributed by atoms with E-state index in [0.29, 0.717) is 36.7 Å². The van der Waals surface area contributed by atoms with Crippen molar-refractivity contribution < 1.29 is 42.2 Å². The maximum atomic E-state index is 12.7. The minimum absolute atomic E-state index is 0.123. The fraction of sp³-hybridized carbons (Fsp3) is 0.250. The van der Waals surface area contributed by atoms with E-state index >= 15 is 0 Å². The van der Waals surface area contributed by atoms with Crippen molar-refractivity contribution in [3.8, 4) is 11.5 Å². The Kier molecular flexibility index (Phi) is 11.0. The summed E-state index contributed by atoms with van der Waals surface area (Å²) in [6.07, 6.45) is 1.43. The summed E-state index contributed by atoms with van der Waals surface area (Å²) in [6, 6.07) is 13.1. The Morgan fingerprint density at radius 3 is 2.10 bits per heavy atom. The van der Waals surface area contributed by atoms with Crippen molar-refractivity contribution in [2.24, 2.45) is 0 Å². The SMILES string of the molecule is CCOc1ccc(C(=O)NCCc2ccc(S(=O)(=O)NC(=O)c3ccc(C(=O)NCC(=O)O)nc3)cc2)cc1OCC. The van der Waals surface area contributed by atoms with Crippen LogP contribution < -0.4 is 24.8 Å². The van der Waals surface area contributed by atoms with Crippen molar-refractivity contribution in [2.75, 3.05) is 26.3 Å². The zero-order valence-corrected chi connectivity index (χ0v) is 23.7. The van der Waals surface area contributed by atoms with E-state index in [9.17, 15) is 27.6 Å². The molecule has 4 N–H and O–H groups in total. The van der Waals surface area contributed by atoms with E-state index in [4.69, 9.17) is 14.6 Å². The van der Waals surface area contributed by atoms with Crippen molar-refractivity contribution in [1.82, 2.24) is 20.3 Å². The number of rotatable bonds is 14. The maximum Gasteiger partial charge on any atom is 0.322 e.